The number of carboxylic acid groups (broad SMARTS) is 1. The van der Waals surface area contributed by atoms with E-state index in [2.05, 4.69) is 0 Å². The van der Waals surface area contributed by atoms with Crippen molar-refractivity contribution in [2.75, 3.05) is 19.7 Å². The maximum atomic E-state index is 13.0. The molecule has 2 rings (SSSR count). The van der Waals surface area contributed by atoms with Crippen LogP contribution in [0.4, 0.5) is 13.2 Å². The summed E-state index contributed by atoms with van der Waals surface area (Å²) in [6.45, 7) is 0.878. The molecule has 9 heteroatoms. The van der Waals surface area contributed by atoms with E-state index in [0.717, 1.165) is 4.90 Å². The number of hydrogen-bond donors (Lipinski definition) is 1. The summed E-state index contributed by atoms with van der Waals surface area (Å²) < 4.78 is 44.3. The maximum absolute atomic E-state index is 13.0. The molecule has 0 radical (unpaired) electrons. The molecule has 0 spiro atoms. The van der Waals surface area contributed by atoms with Gasteiger partial charge in [-0.3, -0.25) is 9.59 Å². The first kappa shape index (κ1) is 20.1. The Balaban J connectivity index is 0.00000288. The highest BCUT2D eigenvalue weighted by molar-refractivity contribution is 5.97. The Hall–Kier alpha value is -1.96. The van der Waals surface area contributed by atoms with Crippen molar-refractivity contribution in [2.45, 2.75) is 13.1 Å². The Morgan fingerprint density at radius 2 is 1.92 bits per heavy atom. The van der Waals surface area contributed by atoms with Gasteiger partial charge < -0.3 is 14.7 Å². The summed E-state index contributed by atoms with van der Waals surface area (Å²) in [7, 11) is 0. The van der Waals surface area contributed by atoms with Gasteiger partial charge in [0.15, 0.2) is 0 Å². The number of nitrogens with zero attached hydrogens (tertiary/aromatic N) is 1. The molecule has 1 heterocycles. The fourth-order valence-electron chi connectivity index (χ4n) is 2.65. The lowest BCUT2D eigenvalue weighted by atomic mass is 9.96. The number of amides is 1. The third-order valence-electron chi connectivity index (χ3n) is 3.76. The van der Waals surface area contributed by atoms with Gasteiger partial charge in [-0.05, 0) is 19.1 Å². The molecule has 1 fully saturated rings. The fourth-order valence-corrected chi connectivity index (χ4v) is 2.65. The monoisotopic (exact) mass is 367 g/mol. The van der Waals surface area contributed by atoms with E-state index in [9.17, 15) is 22.8 Å². The molecule has 134 valence electrons. The van der Waals surface area contributed by atoms with Gasteiger partial charge in [-0.25, -0.2) is 0 Å². The van der Waals surface area contributed by atoms with Crippen LogP contribution in [-0.4, -0.2) is 47.8 Å². The van der Waals surface area contributed by atoms with Gasteiger partial charge in [-0.1, -0.05) is 12.1 Å². The summed E-state index contributed by atoms with van der Waals surface area (Å²) in [6, 6.07) is 6.21. The molecule has 0 bridgehead atoms. The summed E-state index contributed by atoms with van der Waals surface area (Å²) in [5, 5.41) is 8.99. The van der Waals surface area contributed by atoms with Crippen LogP contribution in [-0.2, 0) is 4.79 Å². The number of rotatable bonds is 4. The summed E-state index contributed by atoms with van der Waals surface area (Å²) in [4.78, 5) is 24.5. The second kappa shape index (κ2) is 7.74. The van der Waals surface area contributed by atoms with Gasteiger partial charge in [0, 0.05) is 13.1 Å². The molecule has 1 saturated heterocycles. The molecule has 1 aliphatic rings. The maximum Gasteiger partial charge on any atom is 0.394 e. The Labute approximate surface area is 142 Å². The molecular weight excluding hydrogens is 351 g/mol. The van der Waals surface area contributed by atoms with Crippen LogP contribution in [0.2, 0.25) is 0 Å². The highest BCUT2D eigenvalue weighted by Gasteiger charge is 2.53. The Morgan fingerprint density at radius 3 is 2.42 bits per heavy atom. The van der Waals surface area contributed by atoms with Crippen LogP contribution in [0.3, 0.4) is 0 Å². The van der Waals surface area contributed by atoms with E-state index in [0.29, 0.717) is 6.61 Å². The van der Waals surface area contributed by atoms with Gasteiger partial charge in [0.25, 0.3) is 5.91 Å². The summed E-state index contributed by atoms with van der Waals surface area (Å²) in [6.07, 6.45) is -4.67. The molecule has 1 aliphatic heterocycles. The molecule has 1 N–H and O–H groups in total. The predicted octanol–water partition coefficient (Wildman–Crippen LogP) is 2.84. The number of para-hydroxylation sites is 1. The third kappa shape index (κ3) is 4.11. The predicted molar refractivity (Wildman–Crippen MR) is 81.4 cm³/mol. The van der Waals surface area contributed by atoms with Crippen molar-refractivity contribution in [3.8, 4) is 5.75 Å². The average molecular weight is 368 g/mol. The molecule has 1 aromatic carbocycles. The molecule has 0 aromatic heterocycles. The number of aliphatic carboxylic acids is 1. The van der Waals surface area contributed by atoms with Crippen molar-refractivity contribution in [3.05, 3.63) is 29.8 Å². The van der Waals surface area contributed by atoms with Gasteiger partial charge in [0.2, 0.25) is 0 Å². The number of carbonyl (C=O) groups excluding carboxylic acids is 1. The average Bonchev–Trinajstić information content (AvgIpc) is 2.93. The van der Waals surface area contributed by atoms with E-state index in [1.54, 1.807) is 25.1 Å². The molecule has 0 aliphatic carbocycles. The van der Waals surface area contributed by atoms with Crippen molar-refractivity contribution in [1.29, 1.82) is 0 Å². The molecule has 1 aromatic rings. The zero-order valence-corrected chi connectivity index (χ0v) is 13.6. The van der Waals surface area contributed by atoms with E-state index >= 15 is 0 Å². The fraction of sp³-hybridized carbons (Fsp3) is 0.467. The summed E-state index contributed by atoms with van der Waals surface area (Å²) in [5.41, 5.74) is 0.126. The molecule has 0 unspecified atom stereocenters. The van der Waals surface area contributed by atoms with E-state index in [1.165, 1.54) is 6.07 Å². The minimum absolute atomic E-state index is 0. The number of carboxylic acids is 1. The van der Waals surface area contributed by atoms with Crippen LogP contribution >= 0.6 is 12.4 Å². The van der Waals surface area contributed by atoms with Gasteiger partial charge >= 0.3 is 12.1 Å². The second-order valence-corrected chi connectivity index (χ2v) is 5.23. The lowest BCUT2D eigenvalue weighted by Crippen LogP contribution is -2.34. The Morgan fingerprint density at radius 1 is 1.29 bits per heavy atom. The van der Waals surface area contributed by atoms with Crippen molar-refractivity contribution < 1.29 is 32.6 Å². The number of likely N-dealkylation sites (tertiary alicyclic amines) is 1. The molecule has 1 amide bonds. The van der Waals surface area contributed by atoms with Crippen molar-refractivity contribution in [2.24, 2.45) is 11.8 Å². The first-order valence-electron chi connectivity index (χ1n) is 7.06. The zero-order chi connectivity index (χ0) is 17.2. The van der Waals surface area contributed by atoms with E-state index in [4.69, 9.17) is 9.84 Å². The van der Waals surface area contributed by atoms with E-state index in [1.807, 2.05) is 0 Å². The normalized spacial score (nSPS) is 20.4. The standard InChI is InChI=1S/C15H16F3NO4.ClH/c1-2-23-12-6-4-3-5-9(12)13(20)19-7-10(14(21)22)11(8-19)15(16,17)18;/h3-6,10-11H,2,7-8H2,1H3,(H,21,22);1H/t10-,11-;/m1./s1. The molecular formula is C15H17ClF3NO4. The van der Waals surface area contributed by atoms with Crippen LogP contribution in [0, 0.1) is 11.8 Å². The van der Waals surface area contributed by atoms with E-state index in [-0.39, 0.29) is 23.7 Å². The van der Waals surface area contributed by atoms with Gasteiger partial charge in [0.05, 0.1) is 24.0 Å². The first-order chi connectivity index (χ1) is 10.8. The largest absolute Gasteiger partial charge is 0.493 e. The smallest absolute Gasteiger partial charge is 0.394 e. The van der Waals surface area contributed by atoms with Crippen molar-refractivity contribution >= 4 is 24.3 Å². The highest BCUT2D eigenvalue weighted by Crippen LogP contribution is 2.38. The SMILES string of the molecule is CCOc1ccccc1C(=O)N1C[C@@H](C(F)(F)F)[C@H](C(=O)O)C1.Cl. The second-order valence-electron chi connectivity index (χ2n) is 5.23. The number of hydrogen-bond acceptors (Lipinski definition) is 3. The summed E-state index contributed by atoms with van der Waals surface area (Å²) >= 11 is 0. The summed E-state index contributed by atoms with van der Waals surface area (Å²) in [5.74, 6) is -5.67. The minimum atomic E-state index is -4.67. The minimum Gasteiger partial charge on any atom is -0.493 e. The molecule has 5 nitrogen and oxygen atoms in total. The zero-order valence-electron chi connectivity index (χ0n) is 12.7. The van der Waals surface area contributed by atoms with Gasteiger partial charge in [-0.2, -0.15) is 13.2 Å². The highest BCUT2D eigenvalue weighted by atomic mass is 35.5. The molecule has 2 atom stereocenters. The molecule has 0 saturated carbocycles. The van der Waals surface area contributed by atoms with Gasteiger partial charge in [-0.15, -0.1) is 12.4 Å². The van der Waals surface area contributed by atoms with Gasteiger partial charge in [0.1, 0.15) is 5.75 Å². The number of benzene rings is 1. The van der Waals surface area contributed by atoms with Crippen LogP contribution in [0.15, 0.2) is 24.3 Å². The first-order valence-corrected chi connectivity index (χ1v) is 7.06. The van der Waals surface area contributed by atoms with Crippen molar-refractivity contribution in [3.63, 3.8) is 0 Å². The van der Waals surface area contributed by atoms with E-state index < -0.39 is 43.0 Å². The topological polar surface area (TPSA) is 66.8 Å². The quantitative estimate of drug-likeness (QED) is 0.888. The lowest BCUT2D eigenvalue weighted by molar-refractivity contribution is -0.187. The van der Waals surface area contributed by atoms with Crippen LogP contribution in [0.1, 0.15) is 17.3 Å². The Bertz CT molecular complexity index is 609. The molecule has 24 heavy (non-hydrogen) atoms. The van der Waals surface area contributed by atoms with Crippen molar-refractivity contribution in [1.82, 2.24) is 4.90 Å². The lowest BCUT2D eigenvalue weighted by Gasteiger charge is -2.19. The third-order valence-corrected chi connectivity index (χ3v) is 3.76. The Kier molecular flexibility index (Phi) is 6.48. The number of halogens is 4. The van der Waals surface area contributed by atoms with Crippen LogP contribution < -0.4 is 4.74 Å². The van der Waals surface area contributed by atoms with Crippen LogP contribution in [0.5, 0.6) is 5.75 Å². The number of alkyl halides is 3. The number of carbonyl (C=O) groups is 2. The number of ether oxygens (including phenoxy) is 1. The van der Waals surface area contributed by atoms with Crippen LogP contribution in [0.25, 0.3) is 0 Å².